The number of aryl methyl sites for hydroxylation is 1. The van der Waals surface area contributed by atoms with E-state index in [2.05, 4.69) is 15.8 Å². The molecule has 8 heteroatoms. The van der Waals surface area contributed by atoms with Gasteiger partial charge in [-0.1, -0.05) is 36.8 Å². The van der Waals surface area contributed by atoms with E-state index in [1.165, 1.54) is 6.07 Å². The minimum absolute atomic E-state index is 0.356. The zero-order valence-electron chi connectivity index (χ0n) is 15.2. The van der Waals surface area contributed by atoms with Gasteiger partial charge in [0.1, 0.15) is 0 Å². The average molecular weight is 388 g/mol. The van der Waals surface area contributed by atoms with E-state index in [4.69, 9.17) is 0 Å². The molecular formula is C20H19F3N4O. The summed E-state index contributed by atoms with van der Waals surface area (Å²) < 4.78 is 41.0. The molecule has 0 unspecified atom stereocenters. The minimum Gasteiger partial charge on any atom is -0.312 e. The van der Waals surface area contributed by atoms with E-state index in [0.29, 0.717) is 24.4 Å². The first-order valence-electron chi connectivity index (χ1n) is 8.97. The number of fused-ring (bicyclic) bond motifs is 1. The largest absolute Gasteiger partial charge is 0.416 e. The molecule has 3 aromatic rings. The molecule has 1 heterocycles. The molecule has 4 rings (SSSR count). The third kappa shape index (κ3) is 2.98. The van der Waals surface area contributed by atoms with Crippen molar-refractivity contribution in [3.8, 4) is 0 Å². The number of rotatable bonds is 4. The van der Waals surface area contributed by atoms with Gasteiger partial charge in [-0.05, 0) is 36.6 Å². The first kappa shape index (κ1) is 18.3. The van der Waals surface area contributed by atoms with Gasteiger partial charge in [0.15, 0.2) is 0 Å². The fraction of sp³-hybridized carbons (Fsp3) is 0.300. The Bertz CT molecular complexity index is 1040. The fourth-order valence-electron chi connectivity index (χ4n) is 3.66. The van der Waals surface area contributed by atoms with Crippen LogP contribution in [0.5, 0.6) is 0 Å². The number of amides is 1. The normalized spacial score (nSPS) is 15.9. The monoisotopic (exact) mass is 388 g/mol. The Labute approximate surface area is 159 Å². The number of nitrogens with one attached hydrogen (secondary N) is 2. The first-order valence-corrected chi connectivity index (χ1v) is 8.97. The Morgan fingerprint density at radius 2 is 1.89 bits per heavy atom. The molecule has 0 atom stereocenters. The quantitative estimate of drug-likeness (QED) is 0.660. The molecule has 0 spiro atoms. The highest BCUT2D eigenvalue weighted by Crippen LogP contribution is 2.45. The molecule has 0 radical (unpaired) electrons. The highest BCUT2D eigenvalue weighted by Gasteiger charge is 2.46. The predicted molar refractivity (Wildman–Crippen MR) is 99.5 cm³/mol. The van der Waals surface area contributed by atoms with E-state index in [1.54, 1.807) is 10.6 Å². The van der Waals surface area contributed by atoms with Gasteiger partial charge in [0.25, 0.3) is 0 Å². The summed E-state index contributed by atoms with van der Waals surface area (Å²) in [5.41, 5.74) is 5.83. The molecule has 2 N–H and O–H groups in total. The highest BCUT2D eigenvalue weighted by atomic mass is 19.4. The molecule has 1 fully saturated rings. The molecule has 1 saturated carbocycles. The molecule has 5 nitrogen and oxygen atoms in total. The summed E-state index contributed by atoms with van der Waals surface area (Å²) in [5, 5.41) is 0. The van der Waals surface area contributed by atoms with Crippen molar-refractivity contribution in [1.82, 2.24) is 15.0 Å². The summed E-state index contributed by atoms with van der Waals surface area (Å²) in [6, 6.07) is 12.6. The van der Waals surface area contributed by atoms with Crippen LogP contribution in [-0.2, 0) is 23.4 Å². The number of carbonyl (C=O) groups is 1. The van der Waals surface area contributed by atoms with Gasteiger partial charge in [0.05, 0.1) is 22.0 Å². The van der Waals surface area contributed by atoms with Gasteiger partial charge < -0.3 is 4.57 Å². The van der Waals surface area contributed by atoms with Crippen LogP contribution in [0.4, 0.5) is 19.1 Å². The third-order valence-corrected chi connectivity index (χ3v) is 5.46. The van der Waals surface area contributed by atoms with Crippen LogP contribution in [0.1, 0.15) is 30.4 Å². The van der Waals surface area contributed by atoms with Crippen LogP contribution >= 0.6 is 0 Å². The zero-order valence-corrected chi connectivity index (χ0v) is 15.2. The van der Waals surface area contributed by atoms with E-state index in [-0.39, 0.29) is 5.91 Å². The fourth-order valence-corrected chi connectivity index (χ4v) is 3.66. The predicted octanol–water partition coefficient (Wildman–Crippen LogP) is 4.16. The van der Waals surface area contributed by atoms with Crippen molar-refractivity contribution in [2.24, 2.45) is 7.05 Å². The number of anilines is 1. The van der Waals surface area contributed by atoms with Gasteiger partial charge in [-0.3, -0.25) is 15.6 Å². The number of halogens is 3. The summed E-state index contributed by atoms with van der Waals surface area (Å²) in [6.45, 7) is 0. The van der Waals surface area contributed by atoms with E-state index >= 15 is 0 Å². The third-order valence-electron chi connectivity index (χ3n) is 5.46. The summed E-state index contributed by atoms with van der Waals surface area (Å²) in [7, 11) is 1.82. The second kappa shape index (κ2) is 6.54. The van der Waals surface area contributed by atoms with Gasteiger partial charge in [0, 0.05) is 7.05 Å². The maximum atomic E-state index is 13.1. The summed E-state index contributed by atoms with van der Waals surface area (Å²) in [6.07, 6.45) is -2.65. The zero-order chi connectivity index (χ0) is 19.9. The smallest absolute Gasteiger partial charge is 0.312 e. The van der Waals surface area contributed by atoms with Gasteiger partial charge in [-0.25, -0.2) is 4.98 Å². The van der Waals surface area contributed by atoms with Crippen molar-refractivity contribution < 1.29 is 18.0 Å². The maximum absolute atomic E-state index is 13.1. The van der Waals surface area contributed by atoms with Crippen molar-refractivity contribution in [2.45, 2.75) is 30.9 Å². The number of alkyl halides is 3. The van der Waals surface area contributed by atoms with Crippen molar-refractivity contribution in [2.75, 3.05) is 5.43 Å². The van der Waals surface area contributed by atoms with Gasteiger partial charge in [0.2, 0.25) is 11.9 Å². The summed E-state index contributed by atoms with van der Waals surface area (Å²) in [5.74, 6) is 0.0956. The van der Waals surface area contributed by atoms with Crippen LogP contribution < -0.4 is 10.9 Å². The lowest BCUT2D eigenvalue weighted by Crippen LogP contribution is -2.51. The van der Waals surface area contributed by atoms with Crippen molar-refractivity contribution in [1.29, 1.82) is 0 Å². The Hall–Kier alpha value is -3.03. The average Bonchev–Trinajstić information content (AvgIpc) is 2.95. The van der Waals surface area contributed by atoms with Gasteiger partial charge in [-0.2, -0.15) is 13.2 Å². The van der Waals surface area contributed by atoms with Crippen LogP contribution in [0, 0.1) is 0 Å². The Balaban J connectivity index is 1.57. The van der Waals surface area contributed by atoms with Crippen LogP contribution in [0.3, 0.4) is 0 Å². The van der Waals surface area contributed by atoms with Gasteiger partial charge >= 0.3 is 6.18 Å². The number of para-hydroxylation sites is 2. The minimum atomic E-state index is -4.44. The van der Waals surface area contributed by atoms with Crippen LogP contribution in [0.15, 0.2) is 48.5 Å². The summed E-state index contributed by atoms with van der Waals surface area (Å²) >= 11 is 0. The molecule has 0 saturated heterocycles. The summed E-state index contributed by atoms with van der Waals surface area (Å²) in [4.78, 5) is 17.3. The number of imidazole rings is 1. The molecule has 0 aliphatic heterocycles. The SMILES string of the molecule is Cn1c(NNC(=O)C2(c3cccc(C(F)(F)F)c3)CCC2)nc2ccccc21. The topological polar surface area (TPSA) is 59.0 Å². The van der Waals surface area contributed by atoms with E-state index in [0.717, 1.165) is 29.6 Å². The molecule has 0 bridgehead atoms. The van der Waals surface area contributed by atoms with E-state index < -0.39 is 17.2 Å². The van der Waals surface area contributed by atoms with E-state index in [1.807, 2.05) is 31.3 Å². The number of benzene rings is 2. The first-order chi connectivity index (χ1) is 13.3. The van der Waals surface area contributed by atoms with Crippen LogP contribution in [0.25, 0.3) is 11.0 Å². The van der Waals surface area contributed by atoms with Crippen LogP contribution in [-0.4, -0.2) is 15.5 Å². The van der Waals surface area contributed by atoms with Crippen LogP contribution in [0.2, 0.25) is 0 Å². The Morgan fingerprint density at radius 3 is 2.54 bits per heavy atom. The Kier molecular flexibility index (Phi) is 4.28. The molecular weight excluding hydrogens is 369 g/mol. The lowest BCUT2D eigenvalue weighted by molar-refractivity contribution is -0.138. The molecule has 1 aliphatic carbocycles. The standard InChI is InChI=1S/C20H19F3N4O/c1-27-16-9-3-2-8-15(16)24-18(27)26-25-17(28)19(10-5-11-19)13-6-4-7-14(12-13)20(21,22)23/h2-4,6-9,12H,5,10-11H2,1H3,(H,24,26)(H,25,28). The lowest BCUT2D eigenvalue weighted by Gasteiger charge is -2.40. The molecule has 1 amide bonds. The lowest BCUT2D eigenvalue weighted by atomic mass is 9.63. The molecule has 1 aliphatic rings. The number of hydrogen-bond donors (Lipinski definition) is 2. The molecule has 146 valence electrons. The molecule has 1 aromatic heterocycles. The second-order valence-corrected chi connectivity index (χ2v) is 7.08. The van der Waals surface area contributed by atoms with Crippen molar-refractivity contribution in [3.05, 3.63) is 59.7 Å². The van der Waals surface area contributed by atoms with Gasteiger partial charge in [-0.15, -0.1) is 0 Å². The second-order valence-electron chi connectivity index (χ2n) is 7.08. The highest BCUT2D eigenvalue weighted by molar-refractivity contribution is 5.90. The molecule has 28 heavy (non-hydrogen) atoms. The number of nitrogens with zero attached hydrogens (tertiary/aromatic N) is 2. The number of hydrazine groups is 1. The van der Waals surface area contributed by atoms with E-state index in [9.17, 15) is 18.0 Å². The van der Waals surface area contributed by atoms with Crippen molar-refractivity contribution >= 4 is 22.9 Å². The maximum Gasteiger partial charge on any atom is 0.416 e. The molecule has 2 aromatic carbocycles. The number of aromatic nitrogens is 2. The van der Waals surface area contributed by atoms with Crippen molar-refractivity contribution in [3.63, 3.8) is 0 Å². The number of hydrogen-bond acceptors (Lipinski definition) is 3. The Morgan fingerprint density at radius 1 is 1.14 bits per heavy atom. The number of carbonyl (C=O) groups excluding carboxylic acids is 1.